The molecule has 1 aromatic carbocycles. The predicted molar refractivity (Wildman–Crippen MR) is 69.2 cm³/mol. The van der Waals surface area contributed by atoms with Gasteiger partial charge in [0.1, 0.15) is 0 Å². The van der Waals surface area contributed by atoms with E-state index >= 15 is 0 Å². The molecule has 0 aromatic heterocycles. The van der Waals surface area contributed by atoms with Gasteiger partial charge in [0.2, 0.25) is 0 Å². The molecule has 0 saturated carbocycles. The Labute approximate surface area is 115 Å². The lowest BCUT2D eigenvalue weighted by atomic mass is 9.80. The normalized spacial score (nSPS) is 13.3. The smallest absolute Gasteiger partial charge is 0.310 e. The number of hydrogen-bond acceptors (Lipinski definition) is 5. The van der Waals surface area contributed by atoms with Crippen LogP contribution < -0.4 is 0 Å². The summed E-state index contributed by atoms with van der Waals surface area (Å²) in [6.45, 7) is 1.44. The minimum Gasteiger partial charge on any atom is -0.481 e. The van der Waals surface area contributed by atoms with Gasteiger partial charge >= 0.3 is 11.9 Å². The van der Waals surface area contributed by atoms with Crippen molar-refractivity contribution in [3.8, 4) is 0 Å². The largest absolute Gasteiger partial charge is 0.481 e. The van der Waals surface area contributed by atoms with Crippen LogP contribution in [0.2, 0.25) is 0 Å². The van der Waals surface area contributed by atoms with Crippen molar-refractivity contribution in [2.75, 3.05) is 7.11 Å². The Morgan fingerprint density at radius 2 is 1.90 bits per heavy atom. The average Bonchev–Trinajstić information content (AvgIpc) is 2.38. The summed E-state index contributed by atoms with van der Waals surface area (Å²) in [5.41, 5.74) is -0.786. The van der Waals surface area contributed by atoms with Crippen molar-refractivity contribution < 1.29 is 24.4 Å². The number of carbonyl (C=O) groups excluding carboxylic acids is 1. The summed E-state index contributed by atoms with van der Waals surface area (Å²) >= 11 is 0. The molecule has 0 aliphatic heterocycles. The lowest BCUT2D eigenvalue weighted by Gasteiger charge is -2.23. The monoisotopic (exact) mass is 281 g/mol. The average molecular weight is 281 g/mol. The SMILES string of the molecule is COC(=O)CC(C)(Cc1ccc([N+](=O)[O-])cc1)C(=O)O. The number of nitro groups is 1. The van der Waals surface area contributed by atoms with Gasteiger partial charge in [-0.2, -0.15) is 0 Å². The number of non-ortho nitro benzene ring substituents is 1. The number of esters is 1. The molecule has 7 heteroatoms. The molecule has 20 heavy (non-hydrogen) atoms. The molecule has 108 valence electrons. The second-order valence-electron chi connectivity index (χ2n) is 4.72. The molecule has 0 heterocycles. The van der Waals surface area contributed by atoms with E-state index in [4.69, 9.17) is 0 Å². The highest BCUT2D eigenvalue weighted by Gasteiger charge is 2.36. The fourth-order valence-corrected chi connectivity index (χ4v) is 1.79. The van der Waals surface area contributed by atoms with Crippen LogP contribution in [-0.4, -0.2) is 29.1 Å². The number of aliphatic carboxylic acids is 1. The number of nitrogens with zero attached hydrogens (tertiary/aromatic N) is 1. The van der Waals surface area contributed by atoms with Gasteiger partial charge in [0.25, 0.3) is 5.69 Å². The van der Waals surface area contributed by atoms with E-state index in [2.05, 4.69) is 4.74 Å². The zero-order valence-corrected chi connectivity index (χ0v) is 11.2. The first-order chi connectivity index (χ1) is 9.28. The molecule has 0 fully saturated rings. The van der Waals surface area contributed by atoms with Crippen LogP contribution >= 0.6 is 0 Å². The Balaban J connectivity index is 2.93. The van der Waals surface area contributed by atoms with Crippen LogP contribution in [0.5, 0.6) is 0 Å². The van der Waals surface area contributed by atoms with E-state index in [0.29, 0.717) is 5.56 Å². The number of carboxylic acid groups (broad SMARTS) is 1. The van der Waals surface area contributed by atoms with Gasteiger partial charge in [0.05, 0.1) is 23.9 Å². The Hall–Kier alpha value is -2.44. The molecule has 0 radical (unpaired) electrons. The van der Waals surface area contributed by atoms with Crippen LogP contribution in [-0.2, 0) is 20.7 Å². The van der Waals surface area contributed by atoms with Gasteiger partial charge in [0, 0.05) is 12.1 Å². The molecule has 1 N–H and O–H groups in total. The third-order valence-electron chi connectivity index (χ3n) is 3.02. The maximum atomic E-state index is 11.3. The quantitative estimate of drug-likeness (QED) is 0.484. The van der Waals surface area contributed by atoms with Crippen LogP contribution in [0, 0.1) is 15.5 Å². The number of ether oxygens (including phenoxy) is 1. The number of carbonyl (C=O) groups is 2. The van der Waals surface area contributed by atoms with Crippen molar-refractivity contribution in [3.05, 3.63) is 39.9 Å². The van der Waals surface area contributed by atoms with Crippen LogP contribution in [0.4, 0.5) is 5.69 Å². The van der Waals surface area contributed by atoms with Crippen LogP contribution in [0.3, 0.4) is 0 Å². The number of carboxylic acids is 1. The van der Waals surface area contributed by atoms with Crippen molar-refractivity contribution >= 4 is 17.6 Å². The van der Waals surface area contributed by atoms with Gasteiger partial charge in [-0.3, -0.25) is 19.7 Å². The molecule has 1 unspecified atom stereocenters. The minimum absolute atomic E-state index is 0.0706. The van der Waals surface area contributed by atoms with Crippen molar-refractivity contribution in [1.82, 2.24) is 0 Å². The lowest BCUT2D eigenvalue weighted by molar-refractivity contribution is -0.384. The Bertz CT molecular complexity index is 524. The highest BCUT2D eigenvalue weighted by molar-refractivity contribution is 5.82. The number of benzene rings is 1. The maximum Gasteiger partial charge on any atom is 0.310 e. The summed E-state index contributed by atoms with van der Waals surface area (Å²) in [5.74, 6) is -1.74. The molecular weight excluding hydrogens is 266 g/mol. The molecular formula is C13H15NO6. The van der Waals surface area contributed by atoms with E-state index in [1.165, 1.54) is 38.3 Å². The highest BCUT2D eigenvalue weighted by atomic mass is 16.6. The Morgan fingerprint density at radius 1 is 1.35 bits per heavy atom. The number of rotatable bonds is 6. The second-order valence-corrected chi connectivity index (χ2v) is 4.72. The van der Waals surface area contributed by atoms with E-state index in [0.717, 1.165) is 0 Å². The summed E-state index contributed by atoms with van der Waals surface area (Å²) in [4.78, 5) is 32.6. The molecule has 0 saturated heterocycles. The van der Waals surface area contributed by atoms with Crippen LogP contribution in [0.1, 0.15) is 18.9 Å². The zero-order valence-electron chi connectivity index (χ0n) is 11.2. The van der Waals surface area contributed by atoms with Gasteiger partial charge in [-0.1, -0.05) is 12.1 Å². The van der Waals surface area contributed by atoms with Gasteiger partial charge in [-0.15, -0.1) is 0 Å². The first kappa shape index (κ1) is 15.6. The molecule has 7 nitrogen and oxygen atoms in total. The second kappa shape index (κ2) is 6.14. The fourth-order valence-electron chi connectivity index (χ4n) is 1.79. The third-order valence-corrected chi connectivity index (χ3v) is 3.02. The highest BCUT2D eigenvalue weighted by Crippen LogP contribution is 2.28. The third kappa shape index (κ3) is 3.78. The molecule has 1 aromatic rings. The standard InChI is InChI=1S/C13H15NO6/c1-13(12(16)17,8-11(15)20-2)7-9-3-5-10(6-4-9)14(18)19/h3-6H,7-8H2,1-2H3,(H,16,17). The fraction of sp³-hybridized carbons (Fsp3) is 0.385. The summed E-state index contributed by atoms with van der Waals surface area (Å²) in [6, 6.07) is 5.57. The Kier molecular flexibility index (Phi) is 4.79. The molecule has 0 aliphatic rings. The summed E-state index contributed by atoms with van der Waals surface area (Å²) in [7, 11) is 1.19. The van der Waals surface area contributed by atoms with E-state index in [1.54, 1.807) is 0 Å². The van der Waals surface area contributed by atoms with E-state index < -0.39 is 22.3 Å². The van der Waals surface area contributed by atoms with Crippen LogP contribution in [0.15, 0.2) is 24.3 Å². The van der Waals surface area contributed by atoms with Crippen molar-refractivity contribution in [2.24, 2.45) is 5.41 Å². The summed E-state index contributed by atoms with van der Waals surface area (Å²) in [5, 5.41) is 19.8. The van der Waals surface area contributed by atoms with E-state index in [9.17, 15) is 24.8 Å². The summed E-state index contributed by atoms with van der Waals surface area (Å²) < 4.78 is 4.49. The number of nitro benzene ring substituents is 1. The maximum absolute atomic E-state index is 11.3. The van der Waals surface area contributed by atoms with Gasteiger partial charge in [0.15, 0.2) is 0 Å². The predicted octanol–water partition coefficient (Wildman–Crippen LogP) is 1.79. The molecule has 0 aliphatic carbocycles. The Morgan fingerprint density at radius 3 is 2.30 bits per heavy atom. The minimum atomic E-state index is -1.32. The first-order valence-electron chi connectivity index (χ1n) is 5.82. The number of hydrogen-bond donors (Lipinski definition) is 1. The molecule has 1 atom stereocenters. The van der Waals surface area contributed by atoms with Crippen molar-refractivity contribution in [2.45, 2.75) is 19.8 Å². The lowest BCUT2D eigenvalue weighted by Crippen LogP contribution is -2.33. The van der Waals surface area contributed by atoms with E-state index in [-0.39, 0.29) is 18.5 Å². The topological polar surface area (TPSA) is 107 Å². The first-order valence-corrected chi connectivity index (χ1v) is 5.82. The number of methoxy groups -OCH3 is 1. The molecule has 0 spiro atoms. The summed E-state index contributed by atoms with van der Waals surface area (Å²) in [6.07, 6.45) is -0.189. The van der Waals surface area contributed by atoms with Gasteiger partial charge in [-0.05, 0) is 18.9 Å². The molecule has 0 amide bonds. The van der Waals surface area contributed by atoms with E-state index in [1.807, 2.05) is 0 Å². The molecule has 1 rings (SSSR count). The zero-order chi connectivity index (χ0) is 15.3. The molecule has 0 bridgehead atoms. The van der Waals surface area contributed by atoms with Crippen molar-refractivity contribution in [3.63, 3.8) is 0 Å². The van der Waals surface area contributed by atoms with Crippen molar-refractivity contribution in [1.29, 1.82) is 0 Å². The van der Waals surface area contributed by atoms with Gasteiger partial charge in [-0.25, -0.2) is 0 Å². The van der Waals surface area contributed by atoms with Crippen LogP contribution in [0.25, 0.3) is 0 Å². The van der Waals surface area contributed by atoms with Gasteiger partial charge < -0.3 is 9.84 Å².